The fourth-order valence-corrected chi connectivity index (χ4v) is 14.1. The van der Waals surface area contributed by atoms with Crippen LogP contribution in [0.25, 0.3) is 121 Å². The quantitative estimate of drug-likeness (QED) is 0.167. The highest BCUT2D eigenvalue weighted by molar-refractivity contribution is 6.46. The Morgan fingerprint density at radius 2 is 0.426 bits per heavy atom. The molecular formula is C66H56N2. The minimum Gasteiger partial charge on any atom is -0.307 e. The molecule has 68 heavy (non-hydrogen) atoms. The number of hydrogen-bond donors (Lipinski definition) is 0. The molecule has 2 nitrogen and oxygen atoms in total. The molecule has 0 saturated heterocycles. The summed E-state index contributed by atoms with van der Waals surface area (Å²) < 4.78 is 5.45. The van der Waals surface area contributed by atoms with Crippen LogP contribution in [-0.2, 0) is 0 Å². The summed E-state index contributed by atoms with van der Waals surface area (Å²) in [6, 6.07) is 47.4. The van der Waals surface area contributed by atoms with Gasteiger partial charge in [0.1, 0.15) is 0 Å². The van der Waals surface area contributed by atoms with Gasteiger partial charge in [-0.25, -0.2) is 0 Å². The molecule has 0 radical (unpaired) electrons. The van der Waals surface area contributed by atoms with Crippen molar-refractivity contribution < 1.29 is 0 Å². The third-order valence-corrected chi connectivity index (χ3v) is 15.8. The molecule has 0 N–H and O–H groups in total. The van der Waals surface area contributed by atoms with Crippen LogP contribution < -0.4 is 0 Å². The minimum absolute atomic E-state index is 1.29. The van der Waals surface area contributed by atoms with Crippen LogP contribution in [0.5, 0.6) is 0 Å². The molecule has 0 amide bonds. The lowest BCUT2D eigenvalue weighted by atomic mass is 9.89. The predicted molar refractivity (Wildman–Crippen MR) is 294 cm³/mol. The molecule has 13 aromatic rings. The molecule has 330 valence electrons. The number of fused-ring (bicyclic) bond motifs is 14. The van der Waals surface area contributed by atoms with Crippen LogP contribution in [0.4, 0.5) is 0 Å². The summed E-state index contributed by atoms with van der Waals surface area (Å²) >= 11 is 0. The van der Waals surface area contributed by atoms with E-state index in [-0.39, 0.29) is 0 Å². The average molecular weight is 877 g/mol. The zero-order chi connectivity index (χ0) is 46.9. The molecule has 0 bridgehead atoms. The van der Waals surface area contributed by atoms with Crippen molar-refractivity contribution in [1.29, 1.82) is 0 Å². The lowest BCUT2D eigenvalue weighted by molar-refractivity contribution is 1.30. The normalized spacial score (nSPS) is 12.4. The maximum atomic E-state index is 2.73. The molecule has 0 aliphatic rings. The lowest BCUT2D eigenvalue weighted by Crippen LogP contribution is -1.95. The Hall–Kier alpha value is -7.42. The topological polar surface area (TPSA) is 8.82 Å². The summed E-state index contributed by atoms with van der Waals surface area (Å²) in [7, 11) is 0. The van der Waals surface area contributed by atoms with Gasteiger partial charge < -0.3 is 8.80 Å². The molecule has 0 unspecified atom stereocenters. The average Bonchev–Trinajstić information content (AvgIpc) is 3.99. The van der Waals surface area contributed by atoms with Crippen molar-refractivity contribution in [3.63, 3.8) is 0 Å². The number of benzene rings is 9. The molecular weight excluding hydrogens is 821 g/mol. The summed E-state index contributed by atoms with van der Waals surface area (Å²) in [5.41, 5.74) is 33.9. The van der Waals surface area contributed by atoms with Crippen LogP contribution in [0.15, 0.2) is 121 Å². The van der Waals surface area contributed by atoms with E-state index in [0.717, 1.165) is 0 Å². The van der Waals surface area contributed by atoms with Crippen LogP contribution in [-0.4, -0.2) is 8.80 Å². The highest BCUT2D eigenvalue weighted by atomic mass is 15.0. The van der Waals surface area contributed by atoms with Crippen molar-refractivity contribution in [2.45, 2.75) is 83.1 Å². The van der Waals surface area contributed by atoms with E-state index in [1.807, 2.05) is 0 Å². The summed E-state index contributed by atoms with van der Waals surface area (Å²) in [5, 5.41) is 10.6. The maximum Gasteiger partial charge on any atom is 0.0635 e. The SMILES string of the molecule is Cc1cc(C)c(-c2cccc3c4c5c6cccc(-c7c(C)cc(C)cc7C)c6n6c7c(-c8c(C)cc(C)cc8C)cccc7c(c7c8cccc(-c9c(C)cc(C)cc9C)c8n(c23)c47)c56)c(C)c1. The molecule has 13 rings (SSSR count). The largest absolute Gasteiger partial charge is 0.307 e. The van der Waals surface area contributed by atoms with E-state index in [9.17, 15) is 0 Å². The Bertz CT molecular complexity index is 3720. The zero-order valence-corrected chi connectivity index (χ0v) is 41.4. The summed E-state index contributed by atoms with van der Waals surface area (Å²) in [5.74, 6) is 0. The fourth-order valence-electron chi connectivity index (χ4n) is 14.1. The van der Waals surface area contributed by atoms with Crippen LogP contribution in [0.3, 0.4) is 0 Å². The van der Waals surface area contributed by atoms with Crippen LogP contribution >= 0.6 is 0 Å². The first-order valence-electron chi connectivity index (χ1n) is 24.4. The predicted octanol–water partition coefficient (Wildman–Crippen LogP) is 18.4. The third-order valence-electron chi connectivity index (χ3n) is 15.8. The van der Waals surface area contributed by atoms with Gasteiger partial charge in [-0.15, -0.1) is 0 Å². The van der Waals surface area contributed by atoms with E-state index in [0.29, 0.717) is 0 Å². The minimum atomic E-state index is 1.29. The first-order valence-corrected chi connectivity index (χ1v) is 24.4. The second kappa shape index (κ2) is 14.1. The van der Waals surface area contributed by atoms with Gasteiger partial charge in [0.15, 0.2) is 0 Å². The van der Waals surface area contributed by atoms with E-state index < -0.39 is 0 Å². The van der Waals surface area contributed by atoms with Crippen LogP contribution in [0.1, 0.15) is 66.8 Å². The Morgan fingerprint density at radius 3 is 0.618 bits per heavy atom. The first-order chi connectivity index (χ1) is 32.7. The summed E-state index contributed by atoms with van der Waals surface area (Å²) in [4.78, 5) is 0. The number of aromatic nitrogens is 2. The van der Waals surface area contributed by atoms with Crippen molar-refractivity contribution >= 4 is 76.2 Å². The summed E-state index contributed by atoms with van der Waals surface area (Å²) in [6.45, 7) is 27.3. The fraction of sp³-hybridized carbons (Fsp3) is 0.182. The Balaban J connectivity index is 1.37. The second-order valence-electron chi connectivity index (χ2n) is 20.8. The van der Waals surface area contributed by atoms with Gasteiger partial charge in [-0.1, -0.05) is 144 Å². The van der Waals surface area contributed by atoms with Gasteiger partial charge in [-0.2, -0.15) is 0 Å². The molecule has 4 aromatic heterocycles. The van der Waals surface area contributed by atoms with Crippen molar-refractivity contribution in [2.75, 3.05) is 0 Å². The molecule has 4 heterocycles. The maximum absolute atomic E-state index is 2.73. The van der Waals surface area contributed by atoms with E-state index >= 15 is 0 Å². The molecule has 9 aromatic carbocycles. The van der Waals surface area contributed by atoms with Gasteiger partial charge in [-0.3, -0.25) is 0 Å². The smallest absolute Gasteiger partial charge is 0.0635 e. The van der Waals surface area contributed by atoms with Gasteiger partial charge in [0, 0.05) is 65.3 Å². The molecule has 0 aliphatic carbocycles. The van der Waals surface area contributed by atoms with Crippen molar-refractivity contribution in [1.82, 2.24) is 8.80 Å². The second-order valence-corrected chi connectivity index (χ2v) is 20.8. The van der Waals surface area contributed by atoms with Crippen molar-refractivity contribution in [3.05, 3.63) is 188 Å². The van der Waals surface area contributed by atoms with Crippen LogP contribution in [0, 0.1) is 83.1 Å². The summed E-state index contributed by atoms with van der Waals surface area (Å²) in [6.07, 6.45) is 0. The molecule has 0 fully saturated rings. The molecule has 2 heteroatoms. The number of aryl methyl sites for hydroxylation is 12. The highest BCUT2D eigenvalue weighted by Crippen LogP contribution is 2.56. The van der Waals surface area contributed by atoms with Crippen molar-refractivity contribution in [2.24, 2.45) is 0 Å². The highest BCUT2D eigenvalue weighted by Gasteiger charge is 2.33. The van der Waals surface area contributed by atoms with Gasteiger partial charge in [0.25, 0.3) is 0 Å². The van der Waals surface area contributed by atoms with E-state index in [1.165, 1.54) is 187 Å². The lowest BCUT2D eigenvalue weighted by Gasteiger charge is -2.16. The van der Waals surface area contributed by atoms with E-state index in [4.69, 9.17) is 0 Å². The molecule has 0 aliphatic heterocycles. The van der Waals surface area contributed by atoms with Gasteiger partial charge in [0.2, 0.25) is 0 Å². The van der Waals surface area contributed by atoms with E-state index in [2.05, 4.69) is 213 Å². The Labute approximate surface area is 398 Å². The standard InChI is InChI=1S/C66H56N2/c1-33-25-37(5)53(38(6)26-33)45-17-13-21-49-57-58-51-23-15-19-47(55-41(9)29-35(3)30-42(55)10)63(51)68-64-48(56-43(11)31-36(4)32-44(56)12)20-16-24-52(64)60(66(58)68)59-50-22-14-18-46(62(50)67(61(45)49)65(57)59)54-39(7)27-34(2)28-40(54)8/h13-32H,1-12H3. The third kappa shape index (κ3) is 5.24. The van der Waals surface area contributed by atoms with Gasteiger partial charge >= 0.3 is 0 Å². The number of hydrogen-bond acceptors (Lipinski definition) is 0. The van der Waals surface area contributed by atoms with Gasteiger partial charge in [-0.05, 0) is 150 Å². The number of nitrogens with zero attached hydrogens (tertiary/aromatic N) is 2. The van der Waals surface area contributed by atoms with Crippen molar-refractivity contribution in [3.8, 4) is 44.5 Å². The number of para-hydroxylation sites is 4. The van der Waals surface area contributed by atoms with E-state index in [1.54, 1.807) is 0 Å². The Kier molecular flexibility index (Phi) is 8.44. The monoisotopic (exact) mass is 876 g/mol. The molecule has 0 saturated carbocycles. The molecule has 0 atom stereocenters. The van der Waals surface area contributed by atoms with Gasteiger partial charge in [0.05, 0.1) is 33.1 Å². The number of rotatable bonds is 4. The molecule has 0 spiro atoms. The Morgan fingerprint density at radius 1 is 0.235 bits per heavy atom. The zero-order valence-electron chi connectivity index (χ0n) is 41.4. The van der Waals surface area contributed by atoms with Crippen LogP contribution in [0.2, 0.25) is 0 Å². The first kappa shape index (κ1) is 40.8.